The van der Waals surface area contributed by atoms with Gasteiger partial charge in [0.25, 0.3) is 5.91 Å². The molecule has 3 nitrogen and oxygen atoms in total. The number of aromatic amines is 1. The number of carbonyl (C=O) groups excluding carboxylic acids is 1. The van der Waals surface area contributed by atoms with Crippen molar-refractivity contribution in [1.82, 2.24) is 4.98 Å². The van der Waals surface area contributed by atoms with Crippen LogP contribution >= 0.6 is 0 Å². The van der Waals surface area contributed by atoms with Gasteiger partial charge in [0.15, 0.2) is 0 Å². The van der Waals surface area contributed by atoms with Crippen LogP contribution in [-0.4, -0.2) is 17.9 Å². The van der Waals surface area contributed by atoms with Crippen molar-refractivity contribution in [1.29, 1.82) is 0 Å². The van der Waals surface area contributed by atoms with E-state index in [1.54, 1.807) is 11.9 Å². The number of anilines is 1. The molecule has 1 aromatic heterocycles. The number of rotatable bonds is 2. The zero-order chi connectivity index (χ0) is 14.1. The Morgan fingerprint density at radius 2 is 1.80 bits per heavy atom. The first-order chi connectivity index (χ1) is 9.66. The van der Waals surface area contributed by atoms with Gasteiger partial charge < -0.3 is 9.88 Å². The first kappa shape index (κ1) is 12.5. The number of carbonyl (C=O) groups is 1. The van der Waals surface area contributed by atoms with Crippen LogP contribution in [0.25, 0.3) is 10.9 Å². The first-order valence-electron chi connectivity index (χ1n) is 6.57. The molecule has 0 aliphatic carbocycles. The Hall–Kier alpha value is -2.55. The monoisotopic (exact) mass is 264 g/mol. The normalized spacial score (nSPS) is 10.7. The summed E-state index contributed by atoms with van der Waals surface area (Å²) < 4.78 is 0. The number of hydrogen-bond acceptors (Lipinski definition) is 1. The molecule has 3 aromatic rings. The summed E-state index contributed by atoms with van der Waals surface area (Å²) in [5, 5.41) is 0.955. The van der Waals surface area contributed by atoms with Crippen LogP contribution in [0.2, 0.25) is 0 Å². The number of aryl methyl sites for hydroxylation is 1. The average molecular weight is 264 g/mol. The zero-order valence-electron chi connectivity index (χ0n) is 11.6. The fraction of sp³-hybridized carbons (Fsp3) is 0.118. The van der Waals surface area contributed by atoms with E-state index in [4.69, 9.17) is 0 Å². The quantitative estimate of drug-likeness (QED) is 0.751. The van der Waals surface area contributed by atoms with Crippen LogP contribution in [0.15, 0.2) is 54.7 Å². The van der Waals surface area contributed by atoms with Crippen molar-refractivity contribution in [3.8, 4) is 0 Å². The summed E-state index contributed by atoms with van der Waals surface area (Å²) >= 11 is 0. The van der Waals surface area contributed by atoms with E-state index in [1.807, 2.05) is 61.7 Å². The molecule has 1 heterocycles. The summed E-state index contributed by atoms with van der Waals surface area (Å²) in [7, 11) is 1.80. The maximum atomic E-state index is 12.7. The summed E-state index contributed by atoms with van der Waals surface area (Å²) in [4.78, 5) is 17.5. The molecule has 0 fully saturated rings. The van der Waals surface area contributed by atoms with E-state index in [2.05, 4.69) is 4.98 Å². The van der Waals surface area contributed by atoms with Crippen LogP contribution in [0.1, 0.15) is 15.9 Å². The number of nitrogens with one attached hydrogen (secondary N) is 1. The maximum absolute atomic E-state index is 12.7. The first-order valence-corrected chi connectivity index (χ1v) is 6.57. The summed E-state index contributed by atoms with van der Waals surface area (Å²) in [5.41, 5.74) is 3.77. The van der Waals surface area contributed by atoms with Gasteiger partial charge in [0, 0.05) is 35.4 Å². The van der Waals surface area contributed by atoms with E-state index in [0.717, 1.165) is 16.6 Å². The van der Waals surface area contributed by atoms with Gasteiger partial charge in [-0.25, -0.2) is 0 Å². The van der Waals surface area contributed by atoms with Crippen LogP contribution in [0, 0.1) is 6.92 Å². The topological polar surface area (TPSA) is 36.1 Å². The number of benzene rings is 2. The van der Waals surface area contributed by atoms with Gasteiger partial charge in [0.2, 0.25) is 0 Å². The maximum Gasteiger partial charge on any atom is 0.258 e. The number of H-pyrrole nitrogens is 1. The van der Waals surface area contributed by atoms with Crippen LogP contribution in [-0.2, 0) is 0 Å². The fourth-order valence-corrected chi connectivity index (χ4v) is 2.34. The van der Waals surface area contributed by atoms with Gasteiger partial charge in [-0.2, -0.15) is 0 Å². The summed E-state index contributed by atoms with van der Waals surface area (Å²) in [6, 6.07) is 15.6. The van der Waals surface area contributed by atoms with Crippen LogP contribution in [0.3, 0.4) is 0 Å². The van der Waals surface area contributed by atoms with Crippen molar-refractivity contribution in [3.63, 3.8) is 0 Å². The Bertz CT molecular complexity index is 756. The van der Waals surface area contributed by atoms with Crippen LogP contribution in [0.4, 0.5) is 5.69 Å². The Morgan fingerprint density at radius 1 is 1.05 bits per heavy atom. The second kappa shape index (κ2) is 4.85. The van der Waals surface area contributed by atoms with Crippen LogP contribution < -0.4 is 4.90 Å². The number of aromatic nitrogens is 1. The van der Waals surface area contributed by atoms with Crippen LogP contribution in [0.5, 0.6) is 0 Å². The van der Waals surface area contributed by atoms with Crippen molar-refractivity contribution in [2.75, 3.05) is 11.9 Å². The lowest BCUT2D eigenvalue weighted by molar-refractivity contribution is 0.0994. The van der Waals surface area contributed by atoms with Gasteiger partial charge in [-0.05, 0) is 37.3 Å². The largest absolute Gasteiger partial charge is 0.361 e. The van der Waals surface area contributed by atoms with E-state index in [9.17, 15) is 4.79 Å². The van der Waals surface area contributed by atoms with Crippen molar-refractivity contribution in [2.24, 2.45) is 0 Å². The molecule has 3 heteroatoms. The van der Waals surface area contributed by atoms with Crippen molar-refractivity contribution in [3.05, 3.63) is 65.9 Å². The highest BCUT2D eigenvalue weighted by Crippen LogP contribution is 2.22. The van der Waals surface area contributed by atoms with Gasteiger partial charge in [-0.3, -0.25) is 4.79 Å². The fourth-order valence-electron chi connectivity index (χ4n) is 2.34. The molecule has 0 saturated carbocycles. The Kier molecular flexibility index (Phi) is 3.03. The lowest BCUT2D eigenvalue weighted by Gasteiger charge is -2.18. The molecule has 1 N–H and O–H groups in total. The van der Waals surface area contributed by atoms with E-state index < -0.39 is 0 Å². The number of nitrogens with zero attached hydrogens (tertiary/aromatic N) is 1. The molecule has 0 unspecified atom stereocenters. The molecular weight excluding hydrogens is 248 g/mol. The molecule has 20 heavy (non-hydrogen) atoms. The summed E-state index contributed by atoms with van der Waals surface area (Å²) in [6.45, 7) is 2.03. The molecule has 0 aliphatic heterocycles. The van der Waals surface area contributed by atoms with Gasteiger partial charge in [-0.15, -0.1) is 0 Å². The highest BCUT2D eigenvalue weighted by Gasteiger charge is 2.16. The highest BCUT2D eigenvalue weighted by molar-refractivity contribution is 6.13. The van der Waals surface area contributed by atoms with Crippen molar-refractivity contribution < 1.29 is 4.79 Å². The highest BCUT2D eigenvalue weighted by atomic mass is 16.2. The Balaban J connectivity index is 1.99. The van der Waals surface area contributed by atoms with E-state index in [-0.39, 0.29) is 5.91 Å². The smallest absolute Gasteiger partial charge is 0.258 e. The summed E-state index contributed by atoms with van der Waals surface area (Å²) in [6.07, 6.45) is 1.85. The number of hydrogen-bond donors (Lipinski definition) is 1. The molecule has 0 aliphatic rings. The average Bonchev–Trinajstić information content (AvgIpc) is 2.95. The third-order valence-corrected chi connectivity index (χ3v) is 3.55. The molecule has 0 atom stereocenters. The molecule has 0 saturated heterocycles. The SMILES string of the molecule is Cc1ccc(N(C)C(=O)c2cccc3[nH]ccc23)cc1. The van der Waals surface area contributed by atoms with E-state index in [1.165, 1.54) is 5.56 Å². The lowest BCUT2D eigenvalue weighted by Crippen LogP contribution is -2.26. The predicted molar refractivity (Wildman–Crippen MR) is 82.2 cm³/mol. The number of amides is 1. The van der Waals surface area contributed by atoms with Gasteiger partial charge >= 0.3 is 0 Å². The minimum absolute atomic E-state index is 0.000877. The third kappa shape index (κ3) is 2.07. The number of fused-ring (bicyclic) bond motifs is 1. The Labute approximate surface area is 117 Å². The predicted octanol–water partition coefficient (Wildman–Crippen LogP) is 3.75. The van der Waals surface area contributed by atoms with Gasteiger partial charge in [0.1, 0.15) is 0 Å². The molecule has 2 aromatic carbocycles. The molecule has 3 rings (SSSR count). The molecule has 1 amide bonds. The van der Waals surface area contributed by atoms with Gasteiger partial charge in [0.05, 0.1) is 0 Å². The van der Waals surface area contributed by atoms with E-state index >= 15 is 0 Å². The lowest BCUT2D eigenvalue weighted by atomic mass is 10.1. The Morgan fingerprint density at radius 3 is 2.55 bits per heavy atom. The van der Waals surface area contributed by atoms with Crippen molar-refractivity contribution >= 4 is 22.5 Å². The van der Waals surface area contributed by atoms with E-state index in [0.29, 0.717) is 5.56 Å². The van der Waals surface area contributed by atoms with Crippen molar-refractivity contribution in [2.45, 2.75) is 6.92 Å². The second-order valence-electron chi connectivity index (χ2n) is 4.94. The minimum atomic E-state index is -0.000877. The molecule has 0 spiro atoms. The molecule has 0 radical (unpaired) electrons. The molecule has 100 valence electrons. The zero-order valence-corrected chi connectivity index (χ0v) is 11.6. The van der Waals surface area contributed by atoms with Gasteiger partial charge in [-0.1, -0.05) is 23.8 Å². The second-order valence-corrected chi connectivity index (χ2v) is 4.94. The third-order valence-electron chi connectivity index (χ3n) is 3.55. The summed E-state index contributed by atoms with van der Waals surface area (Å²) in [5.74, 6) is -0.000877. The minimum Gasteiger partial charge on any atom is -0.361 e. The molecule has 0 bridgehead atoms. The standard InChI is InChI=1S/C17H16N2O/c1-12-6-8-13(9-7-12)19(2)17(20)15-4-3-5-16-14(15)10-11-18-16/h3-11,18H,1-2H3. The molecular formula is C17H16N2O.